The number of hydrogen-bond acceptors (Lipinski definition) is 13. The summed E-state index contributed by atoms with van der Waals surface area (Å²) in [4.78, 5) is 92.8. The summed E-state index contributed by atoms with van der Waals surface area (Å²) in [7, 11) is -9.20. The van der Waals surface area contributed by atoms with Crippen LogP contribution in [-0.2, 0) is 50.3 Å². The number of anilines is 3. The van der Waals surface area contributed by atoms with E-state index in [0.29, 0.717) is 12.0 Å². The van der Waals surface area contributed by atoms with Gasteiger partial charge in [-0.2, -0.15) is 8.42 Å². The number of carbonyl (C=O) groups is 7. The molecule has 1 fully saturated rings. The summed E-state index contributed by atoms with van der Waals surface area (Å²) in [6, 6.07) is 16.4. The number of carbonyl (C=O) groups excluding carboxylic acids is 7. The number of rotatable bonds is 17. The number of nitrogens with two attached hydrogens (primary N) is 1. The molecule has 19 nitrogen and oxygen atoms in total. The summed E-state index contributed by atoms with van der Waals surface area (Å²) in [6.45, 7) is 6.01. The van der Waals surface area contributed by atoms with Gasteiger partial charge < -0.3 is 37.2 Å². The minimum atomic E-state index is -5.03. The molecule has 0 saturated carbocycles. The quantitative estimate of drug-likeness (QED) is 0.0398. The molecule has 4 aromatic rings. The van der Waals surface area contributed by atoms with E-state index in [1.807, 2.05) is 0 Å². The van der Waals surface area contributed by atoms with E-state index in [9.17, 15) is 55.0 Å². The fourth-order valence-corrected chi connectivity index (χ4v) is 9.54. The minimum absolute atomic E-state index is 0.00808. The van der Waals surface area contributed by atoms with Crippen LogP contribution < -0.4 is 32.3 Å². The normalized spacial score (nSPS) is 15.9. The molecular weight excluding hydrogens is 895 g/mol. The number of nitrogens with zero attached hydrogens (tertiary/aromatic N) is 1. The van der Waals surface area contributed by atoms with Gasteiger partial charge in [-0.15, -0.1) is 0 Å². The lowest BCUT2D eigenvalue weighted by atomic mass is 9.82. The highest BCUT2D eigenvalue weighted by Crippen LogP contribution is 2.40. The van der Waals surface area contributed by atoms with Gasteiger partial charge in [0.15, 0.2) is 21.4 Å². The number of nitrogens with one attached hydrogen (secondary N) is 5. The molecule has 0 bridgehead atoms. The van der Waals surface area contributed by atoms with Gasteiger partial charge in [0.25, 0.3) is 10.1 Å². The maximum atomic E-state index is 13.8. The first-order valence-electron chi connectivity index (χ1n) is 20.6. The van der Waals surface area contributed by atoms with E-state index in [1.54, 1.807) is 30.3 Å². The Morgan fingerprint density at radius 1 is 0.833 bits per heavy atom. The number of fused-ring (bicyclic) bond motifs is 2. The second kappa shape index (κ2) is 19.9. The highest BCUT2D eigenvalue weighted by Gasteiger charge is 2.39. The molecular formula is C45H47N7O12S2. The van der Waals surface area contributed by atoms with Crippen LogP contribution in [-0.4, -0.2) is 110 Å². The van der Waals surface area contributed by atoms with Crippen LogP contribution in [0.5, 0.6) is 0 Å². The van der Waals surface area contributed by atoms with Gasteiger partial charge in [-0.25, -0.2) is 8.42 Å². The maximum absolute atomic E-state index is 13.8. The Labute approximate surface area is 380 Å². The van der Waals surface area contributed by atoms with Crippen LogP contribution in [0.3, 0.4) is 0 Å². The van der Waals surface area contributed by atoms with Gasteiger partial charge in [0.1, 0.15) is 29.1 Å². The summed E-state index contributed by atoms with van der Waals surface area (Å²) in [5, 5.41) is 13.1. The van der Waals surface area contributed by atoms with Crippen molar-refractivity contribution in [2.75, 3.05) is 29.9 Å². The Kier molecular flexibility index (Phi) is 14.5. The van der Waals surface area contributed by atoms with Gasteiger partial charge in [0.05, 0.1) is 33.2 Å². The number of sulfone groups is 1. The number of likely N-dealkylation sites (tertiary alicyclic amines) is 1. The molecule has 0 aromatic heterocycles. The smallest absolute Gasteiger partial charge is 0.296 e. The monoisotopic (exact) mass is 941 g/mol. The van der Waals surface area contributed by atoms with Gasteiger partial charge in [-0.3, -0.25) is 38.1 Å². The fourth-order valence-electron chi connectivity index (χ4n) is 7.69. The van der Waals surface area contributed by atoms with Crippen molar-refractivity contribution in [3.05, 3.63) is 125 Å². The number of ketones is 2. The Hall–Kier alpha value is -7.23. The minimum Gasteiger partial charge on any atom is -0.397 e. The molecule has 4 atom stereocenters. The summed E-state index contributed by atoms with van der Waals surface area (Å²) >= 11 is 0. The summed E-state index contributed by atoms with van der Waals surface area (Å²) in [6.07, 6.45) is 1.73. The molecule has 6 rings (SSSR count). The molecule has 2 aliphatic rings. The molecule has 21 heteroatoms. The Morgan fingerprint density at radius 2 is 1.48 bits per heavy atom. The van der Waals surface area contributed by atoms with Crippen molar-refractivity contribution < 1.29 is 55.0 Å². The highest BCUT2D eigenvalue weighted by molar-refractivity contribution is 7.91. The van der Waals surface area contributed by atoms with E-state index >= 15 is 0 Å². The second-order valence-corrected chi connectivity index (χ2v) is 19.1. The molecule has 8 N–H and O–H groups in total. The molecule has 4 unspecified atom stereocenters. The summed E-state index contributed by atoms with van der Waals surface area (Å²) < 4.78 is 62.1. The van der Waals surface area contributed by atoms with Gasteiger partial charge in [-0.1, -0.05) is 67.2 Å². The van der Waals surface area contributed by atoms with Crippen LogP contribution in [0.15, 0.2) is 107 Å². The van der Waals surface area contributed by atoms with Crippen molar-refractivity contribution in [2.45, 2.75) is 67.1 Å². The van der Waals surface area contributed by atoms with E-state index < -0.39 is 114 Å². The van der Waals surface area contributed by atoms with Crippen LogP contribution in [0, 0.1) is 0 Å². The maximum Gasteiger partial charge on any atom is 0.296 e. The first-order valence-corrected chi connectivity index (χ1v) is 23.7. The lowest BCUT2D eigenvalue weighted by Gasteiger charge is -2.29. The summed E-state index contributed by atoms with van der Waals surface area (Å²) in [5.41, 5.74) is 5.15. The molecule has 1 aliphatic carbocycles. The van der Waals surface area contributed by atoms with Crippen molar-refractivity contribution in [2.24, 2.45) is 0 Å². The summed E-state index contributed by atoms with van der Waals surface area (Å²) in [5.74, 6) is -5.17. The molecule has 0 radical (unpaired) electrons. The van der Waals surface area contributed by atoms with E-state index in [2.05, 4.69) is 33.2 Å². The van der Waals surface area contributed by atoms with E-state index in [1.165, 1.54) is 67.3 Å². The number of nitrogen functional groups attached to an aromatic ring is 1. The van der Waals surface area contributed by atoms with Crippen molar-refractivity contribution in [1.82, 2.24) is 26.2 Å². The largest absolute Gasteiger partial charge is 0.397 e. The van der Waals surface area contributed by atoms with Crippen LogP contribution in [0.4, 0.5) is 17.1 Å². The zero-order valence-corrected chi connectivity index (χ0v) is 37.3. The van der Waals surface area contributed by atoms with E-state index in [4.69, 9.17) is 5.73 Å². The molecule has 5 amide bonds. The molecule has 0 spiro atoms. The van der Waals surface area contributed by atoms with Gasteiger partial charge in [-0.05, 0) is 62.6 Å². The SMILES string of the molecule is C=CC(=O)NC(C)C(=O)NC(C)C(=O)N1CCCC1C(=O)NC(Cc1ccccc1)C(=O)NCCS(=O)(=O)c1cccc(Nc2cc(S(=O)(=O)O)c(N)c3c2C(=O)c2ccccc2C3=O)c1. The molecule has 1 heterocycles. The third-order valence-electron chi connectivity index (χ3n) is 11.0. The third kappa shape index (κ3) is 10.6. The van der Waals surface area contributed by atoms with E-state index in [0.717, 1.165) is 12.1 Å². The third-order valence-corrected chi connectivity index (χ3v) is 13.6. The topological polar surface area (TPSA) is 297 Å². The van der Waals surface area contributed by atoms with Gasteiger partial charge >= 0.3 is 0 Å². The first kappa shape index (κ1) is 48.2. The first-order chi connectivity index (χ1) is 31.2. The van der Waals surface area contributed by atoms with Crippen LogP contribution >= 0.6 is 0 Å². The fraction of sp³-hybridized carbons (Fsp3) is 0.267. The highest BCUT2D eigenvalue weighted by atomic mass is 32.2. The number of amides is 5. The number of hydrogen-bond donors (Lipinski definition) is 7. The van der Waals surface area contributed by atoms with Crippen LogP contribution in [0.2, 0.25) is 0 Å². The van der Waals surface area contributed by atoms with Gasteiger partial charge in [0.2, 0.25) is 29.5 Å². The van der Waals surface area contributed by atoms with Crippen LogP contribution in [0.25, 0.3) is 0 Å². The average molecular weight is 942 g/mol. The van der Waals surface area contributed by atoms with Crippen molar-refractivity contribution >= 4 is 78.1 Å². The zero-order chi connectivity index (χ0) is 48.1. The zero-order valence-electron chi connectivity index (χ0n) is 35.7. The van der Waals surface area contributed by atoms with Crippen molar-refractivity contribution in [3.63, 3.8) is 0 Å². The molecule has 1 saturated heterocycles. The Bertz CT molecular complexity index is 2870. The molecule has 4 aromatic carbocycles. The van der Waals surface area contributed by atoms with E-state index in [-0.39, 0.29) is 52.3 Å². The Morgan fingerprint density at radius 3 is 2.14 bits per heavy atom. The lowest BCUT2D eigenvalue weighted by molar-refractivity contribution is -0.142. The standard InChI is InChI=1S/C45H47N7O12S2/c1-4-36(53)48-25(2)42(56)49-26(3)45(59)52-20-11-18-34(52)44(58)51-33(22-27-12-6-5-7-13-27)43(57)47-19-21-65(60,61)29-15-10-14-28(23-29)50-32-24-35(66(62,63)64)39(46)38-37(32)40(54)30-16-8-9-17-31(30)41(38)55/h4-10,12-17,23-26,33-34,50H,1,11,18-22,46H2,2-3H3,(H,47,57)(H,48,53)(H,49,56)(H,51,58)(H,62,63,64). The predicted octanol–water partition coefficient (Wildman–Crippen LogP) is 1.84. The Balaban J connectivity index is 1.15. The number of benzene rings is 4. The molecule has 66 heavy (non-hydrogen) atoms. The molecule has 1 aliphatic heterocycles. The van der Waals surface area contributed by atoms with Gasteiger partial charge in [0, 0.05) is 36.3 Å². The van der Waals surface area contributed by atoms with Crippen molar-refractivity contribution in [3.8, 4) is 0 Å². The van der Waals surface area contributed by atoms with Crippen LogP contribution in [0.1, 0.15) is 64.1 Å². The lowest BCUT2D eigenvalue weighted by Crippen LogP contribution is -2.57. The second-order valence-electron chi connectivity index (χ2n) is 15.6. The van der Waals surface area contributed by atoms with Crippen molar-refractivity contribution in [1.29, 1.82) is 0 Å². The average Bonchev–Trinajstić information content (AvgIpc) is 3.78. The predicted molar refractivity (Wildman–Crippen MR) is 241 cm³/mol. The molecule has 346 valence electrons.